The lowest BCUT2D eigenvalue weighted by molar-refractivity contribution is -0.137. The van der Waals surface area contributed by atoms with Crippen LogP contribution >= 0.6 is 11.8 Å². The molecule has 1 aromatic rings. The van der Waals surface area contributed by atoms with E-state index in [9.17, 15) is 14.4 Å². The number of rotatable bonds is 6. The number of thioether (sulfide) groups is 1. The molecule has 0 bridgehead atoms. The van der Waals surface area contributed by atoms with Crippen molar-refractivity contribution in [1.29, 1.82) is 0 Å². The van der Waals surface area contributed by atoms with Crippen molar-refractivity contribution in [3.8, 4) is 0 Å². The summed E-state index contributed by atoms with van der Waals surface area (Å²) in [5.41, 5.74) is 1.09. The van der Waals surface area contributed by atoms with Crippen LogP contribution in [0, 0.1) is 5.92 Å². The van der Waals surface area contributed by atoms with Crippen LogP contribution in [0.1, 0.15) is 30.6 Å². The number of nitrogens with one attached hydrogen (secondary N) is 1. The minimum absolute atomic E-state index is 0.0861. The van der Waals surface area contributed by atoms with E-state index in [1.165, 1.54) is 11.8 Å². The van der Waals surface area contributed by atoms with Crippen LogP contribution in [-0.4, -0.2) is 46.6 Å². The zero-order chi connectivity index (χ0) is 17.0. The van der Waals surface area contributed by atoms with Crippen molar-refractivity contribution in [3.05, 3.63) is 23.8 Å². The number of carbonyl (C=O) groups is 3. The number of amides is 2. The molecule has 0 aromatic heterocycles. The maximum Gasteiger partial charge on any atom is 0.305 e. The van der Waals surface area contributed by atoms with Crippen molar-refractivity contribution in [2.45, 2.75) is 25.2 Å². The third-order valence-corrected chi connectivity index (χ3v) is 4.40. The van der Waals surface area contributed by atoms with Crippen LogP contribution in [0.5, 0.6) is 0 Å². The van der Waals surface area contributed by atoms with Gasteiger partial charge in [-0.1, -0.05) is 13.8 Å². The Kier molecular flexibility index (Phi) is 5.65. The Morgan fingerprint density at radius 2 is 2.13 bits per heavy atom. The molecule has 0 saturated heterocycles. The van der Waals surface area contributed by atoms with Gasteiger partial charge in [0.15, 0.2) is 0 Å². The molecule has 2 N–H and O–H groups in total. The summed E-state index contributed by atoms with van der Waals surface area (Å²) in [6.07, 6.45) is -0.0873. The van der Waals surface area contributed by atoms with E-state index in [1.807, 2.05) is 19.9 Å². The standard InChI is InChI=1S/C16H20N2O4S/c1-10(2)8-18(6-5-15(20)21)16(22)11-3-4-13-12(7-11)17-14(19)9-23-13/h3-4,7,10H,5-6,8-9H2,1-2H3,(H,17,19)(H,20,21). The first-order chi connectivity index (χ1) is 10.9. The van der Waals surface area contributed by atoms with Gasteiger partial charge in [-0.25, -0.2) is 0 Å². The molecular weight excluding hydrogens is 316 g/mol. The van der Waals surface area contributed by atoms with E-state index in [0.29, 0.717) is 23.5 Å². The number of anilines is 1. The molecule has 0 radical (unpaired) electrons. The lowest BCUT2D eigenvalue weighted by Gasteiger charge is -2.25. The van der Waals surface area contributed by atoms with Gasteiger partial charge in [0, 0.05) is 23.5 Å². The van der Waals surface area contributed by atoms with Crippen molar-refractivity contribution in [2.75, 3.05) is 24.2 Å². The van der Waals surface area contributed by atoms with E-state index < -0.39 is 5.97 Å². The Balaban J connectivity index is 2.19. The number of hydrogen-bond donors (Lipinski definition) is 2. The molecule has 0 saturated carbocycles. The summed E-state index contributed by atoms with van der Waals surface area (Å²) in [6.45, 7) is 4.62. The predicted molar refractivity (Wildman–Crippen MR) is 88.8 cm³/mol. The third-order valence-electron chi connectivity index (χ3n) is 3.33. The van der Waals surface area contributed by atoms with Crippen molar-refractivity contribution in [3.63, 3.8) is 0 Å². The summed E-state index contributed by atoms with van der Waals surface area (Å²) >= 11 is 1.44. The van der Waals surface area contributed by atoms with Gasteiger partial charge in [-0.15, -0.1) is 11.8 Å². The molecule has 0 spiro atoms. The maximum atomic E-state index is 12.7. The molecule has 2 rings (SSSR count). The molecule has 1 heterocycles. The van der Waals surface area contributed by atoms with Crippen molar-refractivity contribution in [2.24, 2.45) is 5.92 Å². The predicted octanol–water partition coefficient (Wildman–Crippen LogP) is 2.30. The second-order valence-corrected chi connectivity index (χ2v) is 6.85. The average Bonchev–Trinajstić information content (AvgIpc) is 2.49. The average molecular weight is 336 g/mol. The summed E-state index contributed by atoms with van der Waals surface area (Å²) in [5, 5.41) is 11.6. The Labute approximate surface area is 139 Å². The van der Waals surface area contributed by atoms with Crippen LogP contribution < -0.4 is 5.32 Å². The molecule has 1 aliphatic rings. The molecule has 7 heteroatoms. The Morgan fingerprint density at radius 3 is 2.78 bits per heavy atom. The van der Waals surface area contributed by atoms with Gasteiger partial charge in [0.25, 0.3) is 5.91 Å². The number of carboxylic acid groups (broad SMARTS) is 1. The van der Waals surface area contributed by atoms with E-state index in [4.69, 9.17) is 5.11 Å². The Morgan fingerprint density at radius 1 is 1.39 bits per heavy atom. The monoisotopic (exact) mass is 336 g/mol. The highest BCUT2D eigenvalue weighted by molar-refractivity contribution is 8.00. The topological polar surface area (TPSA) is 86.7 Å². The summed E-state index contributed by atoms with van der Waals surface area (Å²) < 4.78 is 0. The highest BCUT2D eigenvalue weighted by atomic mass is 32.2. The van der Waals surface area contributed by atoms with Crippen LogP contribution in [0.4, 0.5) is 5.69 Å². The highest BCUT2D eigenvalue weighted by Crippen LogP contribution is 2.32. The van der Waals surface area contributed by atoms with Gasteiger partial charge in [0.05, 0.1) is 17.9 Å². The van der Waals surface area contributed by atoms with Crippen LogP contribution in [0.15, 0.2) is 23.1 Å². The zero-order valence-electron chi connectivity index (χ0n) is 13.2. The van der Waals surface area contributed by atoms with E-state index in [2.05, 4.69) is 5.32 Å². The highest BCUT2D eigenvalue weighted by Gasteiger charge is 2.21. The van der Waals surface area contributed by atoms with Crippen LogP contribution in [0.2, 0.25) is 0 Å². The largest absolute Gasteiger partial charge is 0.481 e. The number of hydrogen-bond acceptors (Lipinski definition) is 4. The number of aliphatic carboxylic acids is 1. The number of fused-ring (bicyclic) bond motifs is 1. The fourth-order valence-electron chi connectivity index (χ4n) is 2.35. The SMILES string of the molecule is CC(C)CN(CCC(=O)O)C(=O)c1ccc2c(c1)NC(=O)CS2. The quantitative estimate of drug-likeness (QED) is 0.832. The van der Waals surface area contributed by atoms with Crippen LogP contribution in [0.25, 0.3) is 0 Å². The minimum atomic E-state index is -0.930. The second kappa shape index (κ2) is 7.50. The van der Waals surface area contributed by atoms with Crippen LogP contribution in [-0.2, 0) is 9.59 Å². The zero-order valence-corrected chi connectivity index (χ0v) is 14.0. The van der Waals surface area contributed by atoms with Crippen molar-refractivity contribution < 1.29 is 19.5 Å². The number of nitrogens with zero attached hydrogens (tertiary/aromatic N) is 1. The van der Waals surface area contributed by atoms with Gasteiger partial charge in [-0.2, -0.15) is 0 Å². The van der Waals surface area contributed by atoms with E-state index in [-0.39, 0.29) is 30.7 Å². The number of carbonyl (C=O) groups excluding carboxylic acids is 2. The lowest BCUT2D eigenvalue weighted by Crippen LogP contribution is -2.36. The molecule has 1 aliphatic heterocycles. The van der Waals surface area contributed by atoms with Gasteiger partial charge in [-0.3, -0.25) is 14.4 Å². The van der Waals surface area contributed by atoms with Gasteiger partial charge < -0.3 is 15.3 Å². The summed E-state index contributed by atoms with van der Waals surface area (Å²) in [6, 6.07) is 5.20. The van der Waals surface area contributed by atoms with Crippen molar-refractivity contribution in [1.82, 2.24) is 4.90 Å². The summed E-state index contributed by atoms with van der Waals surface area (Å²) in [4.78, 5) is 37.4. The van der Waals surface area contributed by atoms with Gasteiger partial charge >= 0.3 is 5.97 Å². The molecule has 6 nitrogen and oxygen atoms in total. The molecule has 0 unspecified atom stereocenters. The van der Waals surface area contributed by atoms with Gasteiger partial charge in [-0.05, 0) is 24.1 Å². The smallest absolute Gasteiger partial charge is 0.305 e. The Hall–Kier alpha value is -2.02. The summed E-state index contributed by atoms with van der Waals surface area (Å²) in [7, 11) is 0. The molecular formula is C16H20N2O4S. The second-order valence-electron chi connectivity index (χ2n) is 5.84. The molecule has 124 valence electrons. The first kappa shape index (κ1) is 17.3. The molecule has 0 atom stereocenters. The first-order valence-corrected chi connectivity index (χ1v) is 8.43. The van der Waals surface area contributed by atoms with Crippen molar-refractivity contribution >= 4 is 35.2 Å². The fourth-order valence-corrected chi connectivity index (χ4v) is 3.13. The van der Waals surface area contributed by atoms with Crippen LogP contribution in [0.3, 0.4) is 0 Å². The normalized spacial score (nSPS) is 13.4. The molecule has 0 fully saturated rings. The van der Waals surface area contributed by atoms with E-state index >= 15 is 0 Å². The number of carboxylic acids is 1. The van der Waals surface area contributed by atoms with E-state index in [1.54, 1.807) is 17.0 Å². The first-order valence-electron chi connectivity index (χ1n) is 7.44. The molecule has 0 aliphatic carbocycles. The minimum Gasteiger partial charge on any atom is -0.481 e. The Bertz CT molecular complexity index is 631. The molecule has 1 aromatic carbocycles. The van der Waals surface area contributed by atoms with Gasteiger partial charge in [0.1, 0.15) is 0 Å². The summed E-state index contributed by atoms with van der Waals surface area (Å²) in [5.74, 6) is -0.621. The maximum absolute atomic E-state index is 12.7. The van der Waals surface area contributed by atoms with Gasteiger partial charge in [0.2, 0.25) is 5.91 Å². The molecule has 23 heavy (non-hydrogen) atoms. The number of benzene rings is 1. The lowest BCUT2D eigenvalue weighted by atomic mass is 10.1. The third kappa shape index (κ3) is 4.72. The van der Waals surface area contributed by atoms with E-state index in [0.717, 1.165) is 4.90 Å². The fraction of sp³-hybridized carbons (Fsp3) is 0.438. The molecule has 2 amide bonds.